The molecule has 3 heterocycles. The Balaban J connectivity index is 0.00000289. The zero-order chi connectivity index (χ0) is 21.7. The van der Waals surface area contributed by atoms with Crippen LogP contribution in [0.5, 0.6) is 0 Å². The Labute approximate surface area is 212 Å². The lowest BCUT2D eigenvalue weighted by Crippen LogP contribution is -2.49. The van der Waals surface area contributed by atoms with Crippen LogP contribution in [0, 0.1) is 0 Å². The second kappa shape index (κ2) is 11.7. The third kappa shape index (κ3) is 5.95. The fraction of sp³-hybridized carbons (Fsp3) is 0.565. The van der Waals surface area contributed by atoms with Crippen LogP contribution in [0.2, 0.25) is 5.02 Å². The first kappa shape index (κ1) is 25.3. The van der Waals surface area contributed by atoms with Crippen molar-refractivity contribution in [3.8, 4) is 0 Å². The molecule has 4 rings (SSSR count). The molecule has 32 heavy (non-hydrogen) atoms. The van der Waals surface area contributed by atoms with Gasteiger partial charge in [-0.05, 0) is 37.5 Å². The van der Waals surface area contributed by atoms with Crippen molar-refractivity contribution < 1.29 is 9.47 Å². The van der Waals surface area contributed by atoms with Gasteiger partial charge in [0.2, 0.25) is 0 Å². The fourth-order valence-corrected chi connectivity index (χ4v) is 4.61. The number of aliphatic imine (C=N–C) groups is 1. The summed E-state index contributed by atoms with van der Waals surface area (Å²) in [5.74, 6) is 0.938. The molecule has 0 amide bonds. The van der Waals surface area contributed by atoms with Gasteiger partial charge in [-0.25, -0.2) is 0 Å². The molecule has 2 saturated heterocycles. The van der Waals surface area contributed by atoms with Crippen LogP contribution in [-0.4, -0.2) is 66.6 Å². The lowest BCUT2D eigenvalue weighted by Gasteiger charge is -2.38. The topological polar surface area (TPSA) is 63.9 Å². The Morgan fingerprint density at radius 2 is 2.12 bits per heavy atom. The maximum atomic E-state index is 6.33. The molecule has 2 fully saturated rings. The molecule has 0 aliphatic carbocycles. The van der Waals surface area contributed by atoms with Crippen molar-refractivity contribution in [2.45, 2.75) is 31.3 Å². The van der Waals surface area contributed by atoms with Gasteiger partial charge in [-0.1, -0.05) is 23.7 Å². The van der Waals surface area contributed by atoms with Crippen LogP contribution in [-0.2, 0) is 21.9 Å². The molecule has 9 heteroatoms. The molecule has 0 spiro atoms. The van der Waals surface area contributed by atoms with Gasteiger partial charge in [0.1, 0.15) is 6.10 Å². The van der Waals surface area contributed by atoms with Crippen LogP contribution in [0.15, 0.2) is 41.7 Å². The van der Waals surface area contributed by atoms with E-state index >= 15 is 0 Å². The molecule has 1 aromatic carbocycles. The Morgan fingerprint density at radius 1 is 1.31 bits per heavy atom. The van der Waals surface area contributed by atoms with Gasteiger partial charge in [-0.15, -0.1) is 24.0 Å². The third-order valence-electron chi connectivity index (χ3n) is 6.22. The maximum absolute atomic E-state index is 6.33. The predicted octanol–water partition coefficient (Wildman–Crippen LogP) is 3.78. The number of hydrogen-bond acceptors (Lipinski definition) is 4. The first-order chi connectivity index (χ1) is 15.1. The summed E-state index contributed by atoms with van der Waals surface area (Å²) >= 11 is 6.33. The highest BCUT2D eigenvalue weighted by Gasteiger charge is 2.35. The highest BCUT2D eigenvalue weighted by atomic mass is 127. The van der Waals surface area contributed by atoms with Crippen molar-refractivity contribution in [1.29, 1.82) is 0 Å². The number of hydrogen-bond donors (Lipinski definition) is 1. The molecular weight excluding hydrogens is 541 g/mol. The summed E-state index contributed by atoms with van der Waals surface area (Å²) in [6, 6.07) is 8.22. The molecule has 1 N–H and O–H groups in total. The van der Waals surface area contributed by atoms with E-state index in [9.17, 15) is 0 Å². The van der Waals surface area contributed by atoms with Gasteiger partial charge in [-0.3, -0.25) is 9.67 Å². The number of halogens is 2. The first-order valence-corrected chi connectivity index (χ1v) is 11.4. The lowest BCUT2D eigenvalue weighted by atomic mass is 9.74. The van der Waals surface area contributed by atoms with E-state index < -0.39 is 0 Å². The van der Waals surface area contributed by atoms with Gasteiger partial charge >= 0.3 is 0 Å². The van der Waals surface area contributed by atoms with Crippen LogP contribution in [0.25, 0.3) is 0 Å². The van der Waals surface area contributed by atoms with Crippen LogP contribution in [0.3, 0.4) is 0 Å². The molecular formula is C23H33ClIN5O2. The summed E-state index contributed by atoms with van der Waals surface area (Å²) in [5.41, 5.74) is 2.29. The monoisotopic (exact) mass is 573 g/mol. The zero-order valence-electron chi connectivity index (χ0n) is 18.8. The minimum Gasteiger partial charge on any atom is -0.381 e. The van der Waals surface area contributed by atoms with E-state index in [4.69, 9.17) is 26.1 Å². The number of rotatable bonds is 5. The summed E-state index contributed by atoms with van der Waals surface area (Å²) in [4.78, 5) is 7.43. The van der Waals surface area contributed by atoms with Crippen molar-refractivity contribution in [1.82, 2.24) is 20.0 Å². The highest BCUT2D eigenvalue weighted by Crippen LogP contribution is 2.36. The van der Waals surface area contributed by atoms with Gasteiger partial charge in [0.05, 0.1) is 25.9 Å². The molecule has 176 valence electrons. The summed E-state index contributed by atoms with van der Waals surface area (Å²) in [6.07, 6.45) is 5.79. The average Bonchev–Trinajstić information content (AvgIpc) is 3.24. The van der Waals surface area contributed by atoms with Crippen LogP contribution < -0.4 is 5.32 Å². The van der Waals surface area contributed by atoms with E-state index in [0.717, 1.165) is 62.2 Å². The van der Waals surface area contributed by atoms with Crippen LogP contribution in [0.4, 0.5) is 0 Å². The maximum Gasteiger partial charge on any atom is 0.194 e. The second-order valence-corrected chi connectivity index (χ2v) is 8.76. The van der Waals surface area contributed by atoms with E-state index in [2.05, 4.69) is 34.4 Å². The van der Waals surface area contributed by atoms with Crippen LogP contribution in [0.1, 0.15) is 37.0 Å². The van der Waals surface area contributed by atoms with Gasteiger partial charge in [0, 0.05) is 55.5 Å². The Morgan fingerprint density at radius 3 is 2.81 bits per heavy atom. The molecule has 2 aromatic rings. The van der Waals surface area contributed by atoms with Gasteiger partial charge in [-0.2, -0.15) is 5.10 Å². The fourth-order valence-electron chi connectivity index (χ4n) is 4.42. The second-order valence-electron chi connectivity index (χ2n) is 8.33. The van der Waals surface area contributed by atoms with Crippen molar-refractivity contribution in [3.63, 3.8) is 0 Å². The molecule has 0 bridgehead atoms. The number of aromatic nitrogens is 2. The molecule has 1 aromatic heterocycles. The van der Waals surface area contributed by atoms with Crippen LogP contribution >= 0.6 is 35.6 Å². The Kier molecular flexibility index (Phi) is 9.22. The normalized spacial score (nSPS) is 21.2. The quantitative estimate of drug-likeness (QED) is 0.335. The average molecular weight is 574 g/mol. The Hall–Kier alpha value is -1.36. The number of nitrogens with zero attached hydrogens (tertiary/aromatic N) is 4. The van der Waals surface area contributed by atoms with E-state index in [-0.39, 0.29) is 35.5 Å². The van der Waals surface area contributed by atoms with Gasteiger partial charge in [0.15, 0.2) is 5.96 Å². The highest BCUT2D eigenvalue weighted by molar-refractivity contribution is 14.0. The minimum absolute atomic E-state index is 0. The number of morpholine rings is 1. The molecule has 2 aliphatic heterocycles. The molecule has 2 aliphatic rings. The third-order valence-corrected chi connectivity index (χ3v) is 6.45. The van der Waals surface area contributed by atoms with Crippen molar-refractivity contribution >= 4 is 41.5 Å². The number of aryl methyl sites for hydroxylation is 1. The smallest absolute Gasteiger partial charge is 0.194 e. The number of benzene rings is 1. The Bertz CT molecular complexity index is 900. The standard InChI is InChI=1S/C23H32ClN5O2.HI/c1-3-25-22(29-9-12-31-21(16-29)18-14-27-28(2)15-18)26-17-23(7-10-30-11-8-23)19-5-4-6-20(24)13-19;/h4-6,13-15,21H,3,7-12,16-17H2,1-2H3,(H,25,26);1H. The minimum atomic E-state index is -0.0567. The molecule has 1 atom stereocenters. The summed E-state index contributed by atoms with van der Waals surface area (Å²) in [5, 5.41) is 8.56. The molecule has 0 radical (unpaired) electrons. The van der Waals surface area contributed by atoms with Crippen molar-refractivity contribution in [3.05, 3.63) is 52.8 Å². The number of ether oxygens (including phenoxy) is 2. The lowest BCUT2D eigenvalue weighted by molar-refractivity contribution is -0.00816. The summed E-state index contributed by atoms with van der Waals surface area (Å²) in [6.45, 7) is 7.36. The predicted molar refractivity (Wildman–Crippen MR) is 138 cm³/mol. The summed E-state index contributed by atoms with van der Waals surface area (Å²) < 4.78 is 13.5. The van der Waals surface area contributed by atoms with E-state index in [0.29, 0.717) is 13.2 Å². The zero-order valence-corrected chi connectivity index (χ0v) is 21.9. The van der Waals surface area contributed by atoms with E-state index in [1.165, 1.54) is 5.56 Å². The molecule has 1 unspecified atom stereocenters. The van der Waals surface area contributed by atoms with Gasteiger partial charge < -0.3 is 19.7 Å². The number of guanidine groups is 1. The first-order valence-electron chi connectivity index (χ1n) is 11.1. The van der Waals surface area contributed by atoms with E-state index in [1.807, 2.05) is 36.3 Å². The largest absolute Gasteiger partial charge is 0.381 e. The molecule has 7 nitrogen and oxygen atoms in total. The molecule has 0 saturated carbocycles. The number of nitrogens with one attached hydrogen (secondary N) is 1. The van der Waals surface area contributed by atoms with Crippen molar-refractivity contribution in [2.75, 3.05) is 46.0 Å². The van der Waals surface area contributed by atoms with Crippen molar-refractivity contribution in [2.24, 2.45) is 12.0 Å². The van der Waals surface area contributed by atoms with Gasteiger partial charge in [0.25, 0.3) is 0 Å². The SMILES string of the molecule is CCNC(=NCC1(c2cccc(Cl)c2)CCOCC1)N1CCOC(c2cnn(C)c2)C1.I. The van der Waals surface area contributed by atoms with E-state index in [1.54, 1.807) is 0 Å². The summed E-state index contributed by atoms with van der Waals surface area (Å²) in [7, 11) is 1.93.